The Hall–Kier alpha value is -1.16. The monoisotopic (exact) mass is 181 g/mol. The summed E-state index contributed by atoms with van der Waals surface area (Å²) < 4.78 is 1.71. The van der Waals surface area contributed by atoms with Gasteiger partial charge in [-0.05, 0) is 6.92 Å². The van der Waals surface area contributed by atoms with Gasteiger partial charge in [0.2, 0.25) is 0 Å². The van der Waals surface area contributed by atoms with Crippen LogP contribution in [0.5, 0.6) is 0 Å². The number of nitrogens with zero attached hydrogens (tertiary/aromatic N) is 2. The van der Waals surface area contributed by atoms with E-state index < -0.39 is 0 Å². The number of nitrogens with two attached hydrogens (primary N) is 1. The van der Waals surface area contributed by atoms with E-state index in [9.17, 15) is 4.79 Å². The van der Waals surface area contributed by atoms with E-state index in [2.05, 4.69) is 4.98 Å². The maximum atomic E-state index is 11.7. The van der Waals surface area contributed by atoms with Gasteiger partial charge in [0.1, 0.15) is 5.69 Å². The van der Waals surface area contributed by atoms with E-state index in [1.165, 1.54) is 0 Å². The van der Waals surface area contributed by atoms with Crippen molar-refractivity contribution in [3.63, 3.8) is 0 Å². The molecule has 0 fully saturated rings. The highest BCUT2D eigenvalue weighted by atomic mass is 16.1. The number of hydrogen-bond donors (Lipinski definition) is 1. The molecular formula is C9H15N3O. The Kier molecular flexibility index (Phi) is 2.83. The highest BCUT2D eigenvalue weighted by molar-refractivity contribution is 5.96. The predicted octanol–water partition coefficient (Wildman–Crippen LogP) is 0.586. The van der Waals surface area contributed by atoms with E-state index in [0.717, 1.165) is 0 Å². The fourth-order valence-electron chi connectivity index (χ4n) is 1.07. The number of carbonyl (C=O) groups is 1. The number of ketones is 1. The van der Waals surface area contributed by atoms with Crippen LogP contribution in [0.15, 0.2) is 12.5 Å². The van der Waals surface area contributed by atoms with Gasteiger partial charge in [0.15, 0.2) is 5.78 Å². The number of carbonyl (C=O) groups excluding carboxylic acids is 1. The molecule has 1 aromatic heterocycles. The lowest BCUT2D eigenvalue weighted by atomic mass is 9.97. The molecule has 2 unspecified atom stereocenters. The molecule has 0 bridgehead atoms. The Labute approximate surface area is 77.8 Å². The molecule has 2 atom stereocenters. The number of rotatable bonds is 3. The van der Waals surface area contributed by atoms with E-state index in [0.29, 0.717) is 5.69 Å². The fourth-order valence-corrected chi connectivity index (χ4v) is 1.07. The number of aromatic nitrogens is 2. The van der Waals surface area contributed by atoms with Crippen LogP contribution in [0.1, 0.15) is 24.3 Å². The number of Topliss-reactive ketones (excluding diaryl/α,β-unsaturated/α-hetero) is 1. The molecule has 4 heteroatoms. The molecule has 2 N–H and O–H groups in total. The highest BCUT2D eigenvalue weighted by Gasteiger charge is 2.20. The normalized spacial score (nSPS) is 15.4. The molecule has 0 radical (unpaired) electrons. The number of imidazole rings is 1. The zero-order chi connectivity index (χ0) is 10.0. The molecule has 72 valence electrons. The van der Waals surface area contributed by atoms with Crippen molar-refractivity contribution in [2.45, 2.75) is 19.9 Å². The first-order chi connectivity index (χ1) is 6.04. The van der Waals surface area contributed by atoms with Crippen LogP contribution in [0, 0.1) is 5.92 Å². The minimum atomic E-state index is -0.157. The van der Waals surface area contributed by atoms with Crippen molar-refractivity contribution in [2.75, 3.05) is 0 Å². The van der Waals surface area contributed by atoms with Crippen molar-refractivity contribution in [3.8, 4) is 0 Å². The molecule has 0 saturated carbocycles. The maximum Gasteiger partial charge on any atom is 0.185 e. The molecule has 0 amide bonds. The molecule has 4 nitrogen and oxygen atoms in total. The predicted molar refractivity (Wildman–Crippen MR) is 50.4 cm³/mol. The van der Waals surface area contributed by atoms with Gasteiger partial charge < -0.3 is 10.3 Å². The molecule has 1 rings (SSSR count). The largest absolute Gasteiger partial charge is 0.331 e. The Morgan fingerprint density at radius 1 is 1.62 bits per heavy atom. The third-order valence-electron chi connectivity index (χ3n) is 2.27. The molecule has 13 heavy (non-hydrogen) atoms. The number of hydrogen-bond acceptors (Lipinski definition) is 3. The molecule has 0 spiro atoms. The maximum absolute atomic E-state index is 11.7. The average Bonchev–Trinajstić information content (AvgIpc) is 2.48. The first-order valence-corrected chi connectivity index (χ1v) is 4.30. The summed E-state index contributed by atoms with van der Waals surface area (Å²) >= 11 is 0. The van der Waals surface area contributed by atoms with Crippen molar-refractivity contribution in [1.29, 1.82) is 0 Å². The summed E-state index contributed by atoms with van der Waals surface area (Å²) in [6.07, 6.45) is 3.18. The summed E-state index contributed by atoms with van der Waals surface area (Å²) in [6.45, 7) is 3.67. The van der Waals surface area contributed by atoms with Crippen molar-refractivity contribution in [2.24, 2.45) is 18.7 Å². The summed E-state index contributed by atoms with van der Waals surface area (Å²) in [6, 6.07) is -0.123. The van der Waals surface area contributed by atoms with Crippen LogP contribution >= 0.6 is 0 Å². The Morgan fingerprint density at radius 3 is 2.62 bits per heavy atom. The summed E-state index contributed by atoms with van der Waals surface area (Å²) in [5, 5.41) is 0. The van der Waals surface area contributed by atoms with E-state index in [-0.39, 0.29) is 17.7 Å². The lowest BCUT2D eigenvalue weighted by molar-refractivity contribution is 0.0908. The summed E-state index contributed by atoms with van der Waals surface area (Å²) in [5.74, 6) is -0.106. The minimum Gasteiger partial charge on any atom is -0.331 e. The van der Waals surface area contributed by atoms with Gasteiger partial charge in [-0.25, -0.2) is 4.98 Å². The van der Waals surface area contributed by atoms with Crippen molar-refractivity contribution < 1.29 is 4.79 Å². The Morgan fingerprint density at radius 2 is 2.23 bits per heavy atom. The lowest BCUT2D eigenvalue weighted by Crippen LogP contribution is -2.31. The van der Waals surface area contributed by atoms with Crippen LogP contribution in [0.3, 0.4) is 0 Å². The van der Waals surface area contributed by atoms with E-state index in [1.54, 1.807) is 24.1 Å². The summed E-state index contributed by atoms with van der Waals surface area (Å²) in [4.78, 5) is 15.6. The van der Waals surface area contributed by atoms with Gasteiger partial charge in [0, 0.05) is 19.0 Å². The third-order valence-corrected chi connectivity index (χ3v) is 2.27. The second-order valence-electron chi connectivity index (χ2n) is 3.40. The Balaban J connectivity index is 2.86. The van der Waals surface area contributed by atoms with Crippen molar-refractivity contribution in [3.05, 3.63) is 18.2 Å². The van der Waals surface area contributed by atoms with Crippen LogP contribution in [0.25, 0.3) is 0 Å². The Bertz CT molecular complexity index is 304. The van der Waals surface area contributed by atoms with Gasteiger partial charge in [-0.1, -0.05) is 6.92 Å². The molecule has 1 heterocycles. The smallest absolute Gasteiger partial charge is 0.185 e. The quantitative estimate of drug-likeness (QED) is 0.694. The molecule has 0 aliphatic rings. The molecule has 0 saturated heterocycles. The van der Waals surface area contributed by atoms with Crippen LogP contribution in [-0.2, 0) is 7.05 Å². The van der Waals surface area contributed by atoms with Gasteiger partial charge in [0.05, 0.1) is 12.5 Å². The van der Waals surface area contributed by atoms with Crippen molar-refractivity contribution >= 4 is 5.78 Å². The first-order valence-electron chi connectivity index (χ1n) is 4.30. The first kappa shape index (κ1) is 9.92. The van der Waals surface area contributed by atoms with Gasteiger partial charge in [-0.2, -0.15) is 0 Å². The van der Waals surface area contributed by atoms with E-state index >= 15 is 0 Å². The van der Waals surface area contributed by atoms with Crippen LogP contribution in [-0.4, -0.2) is 21.4 Å². The topological polar surface area (TPSA) is 60.9 Å². The van der Waals surface area contributed by atoms with Gasteiger partial charge in [-0.3, -0.25) is 4.79 Å². The van der Waals surface area contributed by atoms with Gasteiger partial charge >= 0.3 is 0 Å². The van der Waals surface area contributed by atoms with Gasteiger partial charge in [-0.15, -0.1) is 0 Å². The molecular weight excluding hydrogens is 166 g/mol. The average molecular weight is 181 g/mol. The third kappa shape index (κ3) is 1.95. The number of aryl methyl sites for hydroxylation is 1. The van der Waals surface area contributed by atoms with Crippen LogP contribution < -0.4 is 5.73 Å². The van der Waals surface area contributed by atoms with E-state index in [1.807, 2.05) is 13.8 Å². The summed E-state index contributed by atoms with van der Waals surface area (Å²) in [5.41, 5.74) is 6.26. The molecule has 1 aromatic rings. The van der Waals surface area contributed by atoms with Gasteiger partial charge in [0.25, 0.3) is 0 Å². The lowest BCUT2D eigenvalue weighted by Gasteiger charge is -2.13. The van der Waals surface area contributed by atoms with E-state index in [4.69, 9.17) is 5.73 Å². The summed E-state index contributed by atoms with van der Waals surface area (Å²) in [7, 11) is 1.80. The SMILES string of the molecule is CC(N)C(C)C(=O)c1cncn1C. The molecule has 0 aliphatic carbocycles. The van der Waals surface area contributed by atoms with Crippen LogP contribution in [0.4, 0.5) is 0 Å². The molecule has 0 aromatic carbocycles. The standard InChI is InChI=1S/C9H15N3O/c1-6(7(2)10)9(13)8-4-11-5-12(8)3/h4-7H,10H2,1-3H3. The minimum absolute atomic E-state index is 0.0509. The second-order valence-corrected chi connectivity index (χ2v) is 3.40. The second kappa shape index (κ2) is 3.70. The van der Waals surface area contributed by atoms with Crippen LogP contribution in [0.2, 0.25) is 0 Å². The zero-order valence-electron chi connectivity index (χ0n) is 8.19. The zero-order valence-corrected chi connectivity index (χ0v) is 8.19. The highest BCUT2D eigenvalue weighted by Crippen LogP contribution is 2.09. The molecule has 0 aliphatic heterocycles. The van der Waals surface area contributed by atoms with Crippen molar-refractivity contribution in [1.82, 2.24) is 9.55 Å². The fraction of sp³-hybridized carbons (Fsp3) is 0.556.